The van der Waals surface area contributed by atoms with Gasteiger partial charge in [-0.05, 0) is 41.1 Å². The van der Waals surface area contributed by atoms with Crippen molar-refractivity contribution in [2.24, 2.45) is 0 Å². The number of benzene rings is 1. The van der Waals surface area contributed by atoms with Crippen LogP contribution in [-0.4, -0.2) is 4.98 Å². The van der Waals surface area contributed by atoms with Crippen molar-refractivity contribution < 1.29 is 0 Å². The molecule has 0 aliphatic rings. The zero-order valence-corrected chi connectivity index (χ0v) is 11.5. The number of thiazole rings is 1. The molecule has 0 spiro atoms. The highest BCUT2D eigenvalue weighted by Crippen LogP contribution is 2.24. The molecule has 1 atom stereocenters. The second-order valence-corrected chi connectivity index (χ2v) is 5.16. The van der Waals surface area contributed by atoms with Crippen LogP contribution in [0, 0.1) is 11.3 Å². The minimum atomic E-state index is 0.154. The van der Waals surface area contributed by atoms with Crippen molar-refractivity contribution in [1.82, 2.24) is 4.98 Å². The van der Waals surface area contributed by atoms with Crippen LogP contribution in [0.3, 0.4) is 0 Å². The van der Waals surface area contributed by atoms with Gasteiger partial charge in [-0.1, -0.05) is 0 Å². The van der Waals surface area contributed by atoms with Crippen molar-refractivity contribution in [3.63, 3.8) is 0 Å². The summed E-state index contributed by atoms with van der Waals surface area (Å²) in [6.45, 7) is 2.06. The smallest absolute Gasteiger partial charge is 0.100 e. The van der Waals surface area contributed by atoms with Crippen molar-refractivity contribution in [2.45, 2.75) is 13.0 Å². The van der Waals surface area contributed by atoms with Gasteiger partial charge in [0.15, 0.2) is 0 Å². The predicted molar refractivity (Wildman–Crippen MR) is 73.0 cm³/mol. The van der Waals surface area contributed by atoms with E-state index in [1.807, 2.05) is 23.0 Å². The summed E-state index contributed by atoms with van der Waals surface area (Å²) < 4.78 is 0.801. The molecule has 1 aromatic heterocycles. The van der Waals surface area contributed by atoms with E-state index in [1.54, 1.807) is 17.4 Å². The monoisotopic (exact) mass is 307 g/mol. The summed E-state index contributed by atoms with van der Waals surface area (Å²) >= 11 is 4.95. The lowest BCUT2D eigenvalue weighted by Gasteiger charge is -2.13. The second kappa shape index (κ2) is 5.30. The van der Waals surface area contributed by atoms with Gasteiger partial charge < -0.3 is 5.32 Å². The molecule has 17 heavy (non-hydrogen) atoms. The lowest BCUT2D eigenvalue weighted by atomic mass is 10.2. The van der Waals surface area contributed by atoms with E-state index in [0.29, 0.717) is 5.56 Å². The Labute approximate surface area is 112 Å². The third-order valence-corrected chi connectivity index (χ3v) is 3.63. The second-order valence-electron chi connectivity index (χ2n) is 3.59. The van der Waals surface area contributed by atoms with E-state index >= 15 is 0 Å². The lowest BCUT2D eigenvalue weighted by Crippen LogP contribution is -2.06. The molecule has 0 aliphatic heterocycles. The fraction of sp³-hybridized carbons (Fsp3) is 0.167. The van der Waals surface area contributed by atoms with Crippen molar-refractivity contribution in [1.29, 1.82) is 5.26 Å². The number of halogens is 1. The fourth-order valence-corrected chi connectivity index (χ4v) is 2.57. The van der Waals surface area contributed by atoms with E-state index in [-0.39, 0.29) is 6.04 Å². The highest BCUT2D eigenvalue weighted by Gasteiger charge is 2.08. The summed E-state index contributed by atoms with van der Waals surface area (Å²) in [6, 6.07) is 7.86. The van der Waals surface area contributed by atoms with Crippen LogP contribution in [-0.2, 0) is 0 Å². The first-order valence-corrected chi connectivity index (χ1v) is 6.78. The van der Waals surface area contributed by atoms with Crippen molar-refractivity contribution in [2.75, 3.05) is 5.32 Å². The van der Waals surface area contributed by atoms with Crippen LogP contribution in [0.2, 0.25) is 0 Å². The minimum absolute atomic E-state index is 0.154. The van der Waals surface area contributed by atoms with Crippen molar-refractivity contribution in [3.05, 3.63) is 44.8 Å². The molecule has 0 amide bonds. The molecule has 0 saturated heterocycles. The Morgan fingerprint density at radius 3 is 2.94 bits per heavy atom. The summed E-state index contributed by atoms with van der Waals surface area (Å²) in [5, 5.41) is 14.2. The van der Waals surface area contributed by atoms with Gasteiger partial charge in [0.1, 0.15) is 6.07 Å². The van der Waals surface area contributed by atoms with Gasteiger partial charge in [0, 0.05) is 15.5 Å². The molecule has 1 N–H and O–H groups in total. The molecule has 0 bridgehead atoms. The predicted octanol–water partition coefficient (Wildman–Crippen LogP) is 3.95. The highest BCUT2D eigenvalue weighted by atomic mass is 79.9. The fourth-order valence-electron chi connectivity index (χ4n) is 1.46. The first kappa shape index (κ1) is 12.1. The molecule has 86 valence electrons. The number of nitriles is 1. The van der Waals surface area contributed by atoms with Crippen molar-refractivity contribution in [3.8, 4) is 6.07 Å². The molecular formula is C12H10BrN3S. The Kier molecular flexibility index (Phi) is 3.77. The van der Waals surface area contributed by atoms with Gasteiger partial charge in [-0.2, -0.15) is 5.26 Å². The number of hydrogen-bond acceptors (Lipinski definition) is 4. The quantitative estimate of drug-likeness (QED) is 0.934. The molecule has 0 aliphatic carbocycles. The number of nitrogens with one attached hydrogen (secondary N) is 1. The van der Waals surface area contributed by atoms with Gasteiger partial charge in [0.25, 0.3) is 0 Å². The highest BCUT2D eigenvalue weighted by molar-refractivity contribution is 9.10. The molecule has 5 heteroatoms. The largest absolute Gasteiger partial charge is 0.377 e. The Bertz CT molecular complexity index is 545. The SMILES string of the molecule is CC(Nc1ccc(C#N)c(Br)c1)c1cscn1. The van der Waals surface area contributed by atoms with E-state index in [1.165, 1.54) is 0 Å². The average molecular weight is 308 g/mol. The third-order valence-electron chi connectivity index (χ3n) is 2.37. The topological polar surface area (TPSA) is 48.7 Å². The maximum atomic E-state index is 8.83. The summed E-state index contributed by atoms with van der Waals surface area (Å²) in [4.78, 5) is 4.26. The number of nitrogens with zero attached hydrogens (tertiary/aromatic N) is 2. The van der Waals surface area contributed by atoms with E-state index < -0.39 is 0 Å². The maximum absolute atomic E-state index is 8.83. The molecule has 2 aromatic rings. The number of hydrogen-bond donors (Lipinski definition) is 1. The van der Waals surface area contributed by atoms with Crippen LogP contribution >= 0.6 is 27.3 Å². The van der Waals surface area contributed by atoms with Gasteiger partial charge in [0.2, 0.25) is 0 Å². The number of anilines is 1. The van der Waals surface area contributed by atoms with Gasteiger partial charge in [0.05, 0.1) is 22.8 Å². The maximum Gasteiger partial charge on any atom is 0.100 e. The molecule has 0 saturated carbocycles. The summed E-state index contributed by atoms with van der Waals surface area (Å²) in [5.41, 5.74) is 4.45. The minimum Gasteiger partial charge on any atom is -0.377 e. The van der Waals surface area contributed by atoms with Crippen LogP contribution in [0.25, 0.3) is 0 Å². The molecule has 1 unspecified atom stereocenters. The Morgan fingerprint density at radius 1 is 1.53 bits per heavy atom. The van der Waals surface area contributed by atoms with Crippen LogP contribution in [0.4, 0.5) is 5.69 Å². The third kappa shape index (κ3) is 2.84. The molecule has 1 heterocycles. The number of aromatic nitrogens is 1. The zero-order valence-electron chi connectivity index (χ0n) is 9.14. The molecule has 3 nitrogen and oxygen atoms in total. The van der Waals surface area contributed by atoms with Crippen LogP contribution in [0.1, 0.15) is 24.2 Å². The normalized spacial score (nSPS) is 11.8. The van der Waals surface area contributed by atoms with Gasteiger partial charge in [-0.25, -0.2) is 4.98 Å². The van der Waals surface area contributed by atoms with Crippen LogP contribution in [0.5, 0.6) is 0 Å². The Morgan fingerprint density at radius 2 is 2.35 bits per heavy atom. The molecule has 1 aromatic carbocycles. The molecule has 0 radical (unpaired) electrons. The molecular weight excluding hydrogens is 298 g/mol. The molecule has 0 fully saturated rings. The number of rotatable bonds is 3. The van der Waals surface area contributed by atoms with Crippen LogP contribution in [0.15, 0.2) is 33.6 Å². The van der Waals surface area contributed by atoms with Gasteiger partial charge in [-0.15, -0.1) is 11.3 Å². The first-order valence-electron chi connectivity index (χ1n) is 5.05. The van der Waals surface area contributed by atoms with Crippen molar-refractivity contribution >= 4 is 33.0 Å². The first-order chi connectivity index (χ1) is 8.20. The lowest BCUT2D eigenvalue weighted by molar-refractivity contribution is 0.850. The standard InChI is InChI=1S/C12H10BrN3S/c1-8(12-6-17-7-15-12)16-10-3-2-9(5-14)11(13)4-10/h2-4,6-8,16H,1H3. The van der Waals surface area contributed by atoms with E-state index in [9.17, 15) is 0 Å². The molecule has 2 rings (SSSR count). The van der Waals surface area contributed by atoms with Gasteiger partial charge in [-0.3, -0.25) is 0 Å². The summed E-state index contributed by atoms with van der Waals surface area (Å²) in [5.74, 6) is 0. The van der Waals surface area contributed by atoms with Crippen LogP contribution < -0.4 is 5.32 Å². The summed E-state index contributed by atoms with van der Waals surface area (Å²) in [7, 11) is 0. The van der Waals surface area contributed by atoms with E-state index in [0.717, 1.165) is 15.9 Å². The van der Waals surface area contributed by atoms with Gasteiger partial charge >= 0.3 is 0 Å². The zero-order chi connectivity index (χ0) is 12.3. The van der Waals surface area contributed by atoms with E-state index in [2.05, 4.69) is 39.2 Å². The summed E-state index contributed by atoms with van der Waals surface area (Å²) in [6.07, 6.45) is 0. The average Bonchev–Trinajstić information content (AvgIpc) is 2.82. The Hall–Kier alpha value is -1.38. The van der Waals surface area contributed by atoms with E-state index in [4.69, 9.17) is 5.26 Å². The Balaban J connectivity index is 2.15.